The van der Waals surface area contributed by atoms with Gasteiger partial charge < -0.3 is 9.64 Å². The normalized spacial score (nSPS) is 19.8. The summed E-state index contributed by atoms with van der Waals surface area (Å²) in [4.78, 5) is 2.44. The van der Waals surface area contributed by atoms with Crippen LogP contribution in [-0.2, 0) is 4.74 Å². The number of nitrogens with zero attached hydrogens (tertiary/aromatic N) is 2. The molecule has 0 aliphatic carbocycles. The maximum Gasteiger partial charge on any atom is 0.106 e. The molecule has 0 aromatic carbocycles. The second-order valence-electron chi connectivity index (χ2n) is 5.90. The number of ether oxygens (including phenoxy) is 1. The summed E-state index contributed by atoms with van der Waals surface area (Å²) < 4.78 is 5.41. The molecule has 0 aromatic heterocycles. The first-order valence-electron chi connectivity index (χ1n) is 8.11. The minimum absolute atomic E-state index is 0.327. The van der Waals surface area contributed by atoms with Crippen LogP contribution in [0.3, 0.4) is 0 Å². The largest absolute Gasteiger partial charge is 0.381 e. The van der Waals surface area contributed by atoms with Crippen LogP contribution in [0.2, 0.25) is 0 Å². The zero-order valence-electron chi connectivity index (χ0n) is 13.5. The van der Waals surface area contributed by atoms with Gasteiger partial charge in [0.25, 0.3) is 0 Å². The number of hydrogen-bond acceptors (Lipinski definition) is 4. The van der Waals surface area contributed by atoms with Crippen LogP contribution in [0.15, 0.2) is 0 Å². The lowest BCUT2D eigenvalue weighted by Gasteiger charge is -2.32. The third-order valence-corrected chi connectivity index (χ3v) is 4.46. The maximum absolute atomic E-state index is 9.47. The van der Waals surface area contributed by atoms with Gasteiger partial charge in [-0.2, -0.15) is 5.26 Å². The van der Waals surface area contributed by atoms with Gasteiger partial charge in [-0.05, 0) is 58.7 Å². The fourth-order valence-electron chi connectivity index (χ4n) is 2.87. The van der Waals surface area contributed by atoms with Gasteiger partial charge in [-0.25, -0.2) is 0 Å². The van der Waals surface area contributed by atoms with Gasteiger partial charge in [0.05, 0.1) is 6.07 Å². The van der Waals surface area contributed by atoms with Crippen molar-refractivity contribution in [1.29, 1.82) is 5.26 Å². The molecular formula is C16H31N3O. The Morgan fingerprint density at radius 3 is 2.60 bits per heavy atom. The average Bonchev–Trinajstić information content (AvgIpc) is 2.51. The molecule has 1 N–H and O–H groups in total. The van der Waals surface area contributed by atoms with Gasteiger partial charge in [0.1, 0.15) is 5.54 Å². The van der Waals surface area contributed by atoms with Crippen molar-refractivity contribution in [2.24, 2.45) is 0 Å². The Labute approximate surface area is 124 Å². The Balaban J connectivity index is 2.34. The second kappa shape index (κ2) is 9.33. The molecular weight excluding hydrogens is 250 g/mol. The third-order valence-electron chi connectivity index (χ3n) is 4.46. The van der Waals surface area contributed by atoms with Crippen LogP contribution >= 0.6 is 0 Å². The zero-order valence-corrected chi connectivity index (χ0v) is 13.5. The van der Waals surface area contributed by atoms with Crippen molar-refractivity contribution in [2.75, 3.05) is 33.4 Å². The summed E-state index contributed by atoms with van der Waals surface area (Å²) in [6, 6.07) is 3.16. The van der Waals surface area contributed by atoms with E-state index in [0.29, 0.717) is 6.04 Å². The van der Waals surface area contributed by atoms with Crippen LogP contribution in [0.1, 0.15) is 52.4 Å². The molecule has 0 amide bonds. The molecule has 0 bridgehead atoms. The summed E-state index contributed by atoms with van der Waals surface area (Å²) in [5.74, 6) is 0. The number of hydrogen-bond donors (Lipinski definition) is 1. The SMILES string of the molecule is CCCNC(C#N)(CC)CCCN(C)C1CCOCC1. The van der Waals surface area contributed by atoms with Crippen molar-refractivity contribution in [3.63, 3.8) is 0 Å². The van der Waals surface area contributed by atoms with Gasteiger partial charge in [0.2, 0.25) is 0 Å². The molecule has 1 aliphatic rings. The number of nitriles is 1. The molecule has 1 atom stereocenters. The summed E-state index contributed by atoms with van der Waals surface area (Å²) in [6.07, 6.45) is 6.25. The highest BCUT2D eigenvalue weighted by Crippen LogP contribution is 2.19. The molecule has 0 saturated carbocycles. The van der Waals surface area contributed by atoms with Gasteiger partial charge in [-0.1, -0.05) is 13.8 Å². The first-order chi connectivity index (χ1) is 9.67. The van der Waals surface area contributed by atoms with Gasteiger partial charge in [-0.15, -0.1) is 0 Å². The van der Waals surface area contributed by atoms with Crippen LogP contribution in [0.4, 0.5) is 0 Å². The summed E-state index contributed by atoms with van der Waals surface area (Å²) in [5, 5.41) is 12.9. The average molecular weight is 281 g/mol. The topological polar surface area (TPSA) is 48.3 Å². The van der Waals surface area contributed by atoms with E-state index in [9.17, 15) is 5.26 Å². The summed E-state index contributed by atoms with van der Waals surface area (Å²) >= 11 is 0. The van der Waals surface area contributed by atoms with Gasteiger partial charge in [0.15, 0.2) is 0 Å². The quantitative estimate of drug-likeness (QED) is 0.705. The van der Waals surface area contributed by atoms with Crippen LogP contribution in [-0.4, -0.2) is 49.8 Å². The van der Waals surface area contributed by atoms with E-state index in [-0.39, 0.29) is 5.54 Å². The Hall–Kier alpha value is -0.630. The van der Waals surface area contributed by atoms with Gasteiger partial charge in [0, 0.05) is 19.3 Å². The maximum atomic E-state index is 9.47. The Kier molecular flexibility index (Phi) is 8.13. The smallest absolute Gasteiger partial charge is 0.106 e. The Bertz CT molecular complexity index is 297. The lowest BCUT2D eigenvalue weighted by Crippen LogP contribution is -2.44. The molecule has 1 aliphatic heterocycles. The van der Waals surface area contributed by atoms with Crippen LogP contribution in [0.5, 0.6) is 0 Å². The van der Waals surface area contributed by atoms with Crippen LogP contribution in [0.25, 0.3) is 0 Å². The van der Waals surface area contributed by atoms with Crippen molar-refractivity contribution in [3.05, 3.63) is 0 Å². The van der Waals surface area contributed by atoms with Crippen molar-refractivity contribution in [3.8, 4) is 6.07 Å². The fourth-order valence-corrected chi connectivity index (χ4v) is 2.87. The number of nitrogens with one attached hydrogen (secondary N) is 1. The Morgan fingerprint density at radius 2 is 2.05 bits per heavy atom. The van der Waals surface area contributed by atoms with Crippen molar-refractivity contribution in [1.82, 2.24) is 10.2 Å². The molecule has 1 rings (SSSR count). The van der Waals surface area contributed by atoms with E-state index < -0.39 is 0 Å². The van der Waals surface area contributed by atoms with Crippen molar-refractivity contribution < 1.29 is 4.74 Å². The van der Waals surface area contributed by atoms with E-state index in [0.717, 1.165) is 64.8 Å². The molecule has 20 heavy (non-hydrogen) atoms. The molecule has 0 radical (unpaired) electrons. The standard InChI is InChI=1S/C16H31N3O/c1-4-10-18-16(5-2,14-17)9-6-11-19(3)15-7-12-20-13-8-15/h15,18H,4-13H2,1-3H3. The summed E-state index contributed by atoms with van der Waals surface area (Å²) in [5.41, 5.74) is -0.327. The lowest BCUT2D eigenvalue weighted by atomic mass is 9.91. The molecule has 116 valence electrons. The van der Waals surface area contributed by atoms with Gasteiger partial charge in [-0.3, -0.25) is 5.32 Å². The highest BCUT2D eigenvalue weighted by Gasteiger charge is 2.27. The zero-order chi connectivity index (χ0) is 14.8. The molecule has 1 heterocycles. The summed E-state index contributed by atoms with van der Waals surface area (Å²) in [6.45, 7) is 8.03. The molecule has 1 unspecified atom stereocenters. The highest BCUT2D eigenvalue weighted by molar-refractivity contribution is 5.06. The minimum atomic E-state index is -0.327. The predicted octanol–water partition coefficient (Wildman–Crippen LogP) is 2.55. The molecule has 1 saturated heterocycles. The first-order valence-corrected chi connectivity index (χ1v) is 8.11. The molecule has 0 spiro atoms. The molecule has 1 fully saturated rings. The third kappa shape index (κ3) is 5.40. The van der Waals surface area contributed by atoms with E-state index in [1.165, 1.54) is 0 Å². The van der Waals surface area contributed by atoms with E-state index >= 15 is 0 Å². The minimum Gasteiger partial charge on any atom is -0.381 e. The number of rotatable bonds is 9. The highest BCUT2D eigenvalue weighted by atomic mass is 16.5. The molecule has 4 nitrogen and oxygen atoms in total. The van der Waals surface area contributed by atoms with E-state index in [1.54, 1.807) is 0 Å². The predicted molar refractivity (Wildman–Crippen MR) is 82.6 cm³/mol. The van der Waals surface area contributed by atoms with Crippen molar-refractivity contribution in [2.45, 2.75) is 64.0 Å². The monoisotopic (exact) mass is 281 g/mol. The van der Waals surface area contributed by atoms with Crippen molar-refractivity contribution >= 4 is 0 Å². The lowest BCUT2D eigenvalue weighted by molar-refractivity contribution is 0.0421. The van der Waals surface area contributed by atoms with E-state index in [4.69, 9.17) is 4.74 Å². The fraction of sp³-hybridized carbons (Fsp3) is 0.938. The van der Waals surface area contributed by atoms with Gasteiger partial charge >= 0.3 is 0 Å². The van der Waals surface area contributed by atoms with Crippen LogP contribution < -0.4 is 5.32 Å². The first kappa shape index (κ1) is 17.4. The van der Waals surface area contributed by atoms with E-state index in [1.807, 2.05) is 0 Å². The Morgan fingerprint density at radius 1 is 1.35 bits per heavy atom. The molecule has 4 heteroatoms. The van der Waals surface area contributed by atoms with Crippen LogP contribution in [0, 0.1) is 11.3 Å². The second-order valence-corrected chi connectivity index (χ2v) is 5.90. The summed E-state index contributed by atoms with van der Waals surface area (Å²) in [7, 11) is 2.20. The molecule has 0 aromatic rings. The van der Waals surface area contributed by atoms with E-state index in [2.05, 4.69) is 37.2 Å².